The van der Waals surface area contributed by atoms with E-state index in [9.17, 15) is 9.59 Å². The molecule has 7 heteroatoms. The van der Waals surface area contributed by atoms with E-state index in [1.807, 2.05) is 16.9 Å². The molecule has 1 N–H and O–H groups in total. The lowest BCUT2D eigenvalue weighted by Gasteiger charge is -2.18. The summed E-state index contributed by atoms with van der Waals surface area (Å²) in [6.45, 7) is 2.92. The molecule has 0 radical (unpaired) electrons. The van der Waals surface area contributed by atoms with Crippen LogP contribution in [0.1, 0.15) is 52.7 Å². The Morgan fingerprint density at radius 1 is 1.39 bits per heavy atom. The SMILES string of the molecule is CC1CCc2c(sc(NC(=O)CCCn3cccn3)c2C(=O)c2ccco2)C1. The molecule has 0 spiro atoms. The van der Waals surface area contributed by atoms with Crippen LogP contribution < -0.4 is 5.32 Å². The summed E-state index contributed by atoms with van der Waals surface area (Å²) in [6.07, 6.45) is 9.05. The molecular formula is C21H23N3O3S. The van der Waals surface area contributed by atoms with Crippen molar-refractivity contribution >= 4 is 28.0 Å². The summed E-state index contributed by atoms with van der Waals surface area (Å²) in [7, 11) is 0. The summed E-state index contributed by atoms with van der Waals surface area (Å²) < 4.78 is 7.14. The lowest BCUT2D eigenvalue weighted by molar-refractivity contribution is -0.116. The van der Waals surface area contributed by atoms with Crippen LogP contribution >= 0.6 is 11.3 Å². The minimum atomic E-state index is -0.149. The predicted octanol–water partition coefficient (Wildman–Crippen LogP) is 4.31. The average Bonchev–Trinajstić information content (AvgIpc) is 3.42. The van der Waals surface area contributed by atoms with Gasteiger partial charge in [-0.1, -0.05) is 6.92 Å². The summed E-state index contributed by atoms with van der Waals surface area (Å²) in [5.41, 5.74) is 1.69. The molecule has 0 bridgehead atoms. The van der Waals surface area contributed by atoms with Crippen molar-refractivity contribution in [1.82, 2.24) is 9.78 Å². The Hall–Kier alpha value is -2.67. The molecule has 6 nitrogen and oxygen atoms in total. The third-order valence-corrected chi connectivity index (χ3v) is 6.26. The number of carbonyl (C=O) groups is 2. The smallest absolute Gasteiger partial charge is 0.231 e. The lowest BCUT2D eigenvalue weighted by atomic mass is 9.87. The highest BCUT2D eigenvalue weighted by molar-refractivity contribution is 7.17. The van der Waals surface area contributed by atoms with Crippen molar-refractivity contribution in [2.24, 2.45) is 5.92 Å². The van der Waals surface area contributed by atoms with Gasteiger partial charge in [0.1, 0.15) is 5.00 Å². The van der Waals surface area contributed by atoms with Crippen LogP contribution in [0.5, 0.6) is 0 Å². The number of furan rings is 1. The number of aromatic nitrogens is 2. The molecule has 4 rings (SSSR count). The number of hydrogen-bond acceptors (Lipinski definition) is 5. The van der Waals surface area contributed by atoms with Gasteiger partial charge in [-0.05, 0) is 55.4 Å². The summed E-state index contributed by atoms with van der Waals surface area (Å²) in [5.74, 6) is 0.680. The van der Waals surface area contributed by atoms with Crippen molar-refractivity contribution < 1.29 is 14.0 Å². The first-order chi connectivity index (χ1) is 13.6. The number of nitrogens with one attached hydrogen (secondary N) is 1. The zero-order chi connectivity index (χ0) is 19.5. The molecular weight excluding hydrogens is 374 g/mol. The number of anilines is 1. The van der Waals surface area contributed by atoms with Gasteiger partial charge in [0.25, 0.3) is 0 Å². The highest BCUT2D eigenvalue weighted by Crippen LogP contribution is 2.40. The number of rotatable bonds is 7. The van der Waals surface area contributed by atoms with E-state index in [-0.39, 0.29) is 11.7 Å². The molecule has 146 valence electrons. The van der Waals surface area contributed by atoms with Crippen molar-refractivity contribution in [1.29, 1.82) is 0 Å². The number of fused-ring (bicyclic) bond motifs is 1. The summed E-state index contributed by atoms with van der Waals surface area (Å²) in [5, 5.41) is 7.80. The first-order valence-corrected chi connectivity index (χ1v) is 10.4. The molecule has 0 saturated heterocycles. The van der Waals surface area contributed by atoms with Crippen molar-refractivity contribution in [2.75, 3.05) is 5.32 Å². The van der Waals surface area contributed by atoms with Gasteiger partial charge in [0.05, 0.1) is 11.8 Å². The van der Waals surface area contributed by atoms with E-state index < -0.39 is 0 Å². The molecule has 1 atom stereocenters. The molecule has 28 heavy (non-hydrogen) atoms. The van der Waals surface area contributed by atoms with E-state index in [2.05, 4.69) is 17.3 Å². The lowest BCUT2D eigenvalue weighted by Crippen LogP contribution is -2.16. The van der Waals surface area contributed by atoms with Crippen LogP contribution in [0.4, 0.5) is 5.00 Å². The van der Waals surface area contributed by atoms with E-state index in [1.165, 1.54) is 22.5 Å². The Morgan fingerprint density at radius 3 is 3.04 bits per heavy atom. The molecule has 3 heterocycles. The maximum atomic E-state index is 13.0. The van der Waals surface area contributed by atoms with Crippen molar-refractivity contribution in [3.8, 4) is 0 Å². The van der Waals surface area contributed by atoms with Crippen LogP contribution in [0, 0.1) is 5.92 Å². The van der Waals surface area contributed by atoms with Crippen molar-refractivity contribution in [2.45, 2.75) is 45.6 Å². The fourth-order valence-corrected chi connectivity index (χ4v) is 5.06. The molecule has 1 unspecified atom stereocenters. The minimum absolute atomic E-state index is 0.0766. The summed E-state index contributed by atoms with van der Waals surface area (Å²) >= 11 is 1.54. The standard InChI is InChI=1S/C21H23N3O3S/c1-14-7-8-15-17(13-14)28-21(19(15)20(26)16-5-3-12-27-16)23-18(25)6-2-10-24-11-4-9-22-24/h3-5,9,11-12,14H,2,6-8,10,13H2,1H3,(H,23,25). The maximum Gasteiger partial charge on any atom is 0.231 e. The van der Waals surface area contributed by atoms with Crippen molar-refractivity contribution in [3.63, 3.8) is 0 Å². The molecule has 3 aromatic rings. The normalized spacial score (nSPS) is 16.0. The molecule has 1 aliphatic carbocycles. The third-order valence-electron chi connectivity index (χ3n) is 5.09. The molecule has 3 aromatic heterocycles. The second-order valence-corrected chi connectivity index (χ2v) is 8.39. The quantitative estimate of drug-likeness (QED) is 0.603. The largest absolute Gasteiger partial charge is 0.461 e. The predicted molar refractivity (Wildman–Crippen MR) is 108 cm³/mol. The second-order valence-electron chi connectivity index (χ2n) is 7.28. The number of amides is 1. The van der Waals surface area contributed by atoms with Gasteiger partial charge in [-0.2, -0.15) is 5.10 Å². The van der Waals surface area contributed by atoms with E-state index in [0.717, 1.165) is 24.8 Å². The topological polar surface area (TPSA) is 77.1 Å². The first kappa shape index (κ1) is 18.7. The third kappa shape index (κ3) is 3.94. The van der Waals surface area contributed by atoms with Gasteiger partial charge in [0, 0.05) is 30.2 Å². The molecule has 0 aromatic carbocycles. The molecule has 0 fully saturated rings. The zero-order valence-electron chi connectivity index (χ0n) is 15.8. The highest BCUT2D eigenvalue weighted by atomic mass is 32.1. The minimum Gasteiger partial charge on any atom is -0.461 e. The van der Waals surface area contributed by atoms with Crippen molar-refractivity contribution in [3.05, 3.63) is 58.6 Å². The molecule has 1 aliphatic rings. The Labute approximate surface area is 167 Å². The maximum absolute atomic E-state index is 13.0. The van der Waals surface area contributed by atoms with Gasteiger partial charge >= 0.3 is 0 Å². The van der Waals surface area contributed by atoms with Crippen LogP contribution in [-0.2, 0) is 24.2 Å². The average molecular weight is 398 g/mol. The Morgan fingerprint density at radius 2 is 2.29 bits per heavy atom. The van der Waals surface area contributed by atoms with Gasteiger partial charge in [-0.25, -0.2) is 0 Å². The second kappa shape index (κ2) is 8.14. The van der Waals surface area contributed by atoms with Crippen LogP contribution in [0.3, 0.4) is 0 Å². The van der Waals surface area contributed by atoms with E-state index in [4.69, 9.17) is 4.42 Å². The van der Waals surface area contributed by atoms with E-state index in [0.29, 0.717) is 41.6 Å². The fraction of sp³-hybridized carbons (Fsp3) is 0.381. The summed E-state index contributed by atoms with van der Waals surface area (Å²) in [6, 6.07) is 5.25. The number of ketones is 1. The Balaban J connectivity index is 1.52. The van der Waals surface area contributed by atoms with Crippen LogP contribution in [0.25, 0.3) is 0 Å². The van der Waals surface area contributed by atoms with Crippen LogP contribution in [0.2, 0.25) is 0 Å². The highest BCUT2D eigenvalue weighted by Gasteiger charge is 2.29. The first-order valence-electron chi connectivity index (χ1n) is 9.62. The van der Waals surface area contributed by atoms with Gasteiger partial charge in [-0.3, -0.25) is 14.3 Å². The Bertz CT molecular complexity index is 958. The molecule has 0 aliphatic heterocycles. The Kier molecular flexibility index (Phi) is 5.43. The number of nitrogens with zero attached hydrogens (tertiary/aromatic N) is 2. The number of aryl methyl sites for hydroxylation is 1. The number of carbonyl (C=O) groups excluding carboxylic acids is 2. The zero-order valence-corrected chi connectivity index (χ0v) is 16.6. The van der Waals surface area contributed by atoms with E-state index >= 15 is 0 Å². The number of hydrogen-bond donors (Lipinski definition) is 1. The van der Waals surface area contributed by atoms with Crippen LogP contribution in [-0.4, -0.2) is 21.5 Å². The van der Waals surface area contributed by atoms with Gasteiger partial charge in [0.2, 0.25) is 11.7 Å². The van der Waals surface area contributed by atoms with Crippen LogP contribution in [0.15, 0.2) is 41.3 Å². The van der Waals surface area contributed by atoms with E-state index in [1.54, 1.807) is 18.3 Å². The van der Waals surface area contributed by atoms with Gasteiger partial charge < -0.3 is 9.73 Å². The molecule has 0 saturated carbocycles. The monoisotopic (exact) mass is 397 g/mol. The summed E-state index contributed by atoms with van der Waals surface area (Å²) in [4.78, 5) is 26.8. The van der Waals surface area contributed by atoms with Gasteiger partial charge in [0.15, 0.2) is 5.76 Å². The molecule has 1 amide bonds. The number of thiophene rings is 1. The van der Waals surface area contributed by atoms with Gasteiger partial charge in [-0.15, -0.1) is 11.3 Å². The fourth-order valence-electron chi connectivity index (χ4n) is 3.63.